The summed E-state index contributed by atoms with van der Waals surface area (Å²) in [5.74, 6) is 1.33. The minimum absolute atomic E-state index is 0.0559. The van der Waals surface area contributed by atoms with Crippen LogP contribution in [-0.2, 0) is 33.2 Å². The number of methoxy groups -OCH3 is 1. The van der Waals surface area contributed by atoms with Gasteiger partial charge in [0.25, 0.3) is 11.4 Å². The maximum absolute atomic E-state index is 13.5. The van der Waals surface area contributed by atoms with E-state index in [1.165, 1.54) is 48.5 Å². The third-order valence-electron chi connectivity index (χ3n) is 8.56. The number of carbonyl (C=O) groups excluding carboxylic acids is 3. The number of non-ortho nitro benzene ring substituents is 2. The lowest BCUT2D eigenvalue weighted by atomic mass is 10.1. The molecule has 2 saturated heterocycles. The second-order valence-corrected chi connectivity index (χ2v) is 13.3. The number of likely N-dealkylation sites (tertiary alicyclic amines) is 2. The number of nitrogens with zero attached hydrogens (tertiary/aromatic N) is 4. The van der Waals surface area contributed by atoms with Gasteiger partial charge < -0.3 is 29.3 Å². The van der Waals surface area contributed by atoms with Gasteiger partial charge in [-0.15, -0.1) is 0 Å². The summed E-state index contributed by atoms with van der Waals surface area (Å²) in [7, 11) is 1.61. The van der Waals surface area contributed by atoms with Crippen molar-refractivity contribution in [3.05, 3.63) is 110 Å². The van der Waals surface area contributed by atoms with Crippen LogP contribution >= 0.6 is 11.8 Å². The molecule has 1 N–H and O–H groups in total. The van der Waals surface area contributed by atoms with Crippen molar-refractivity contribution in [3.63, 3.8) is 0 Å². The van der Waals surface area contributed by atoms with E-state index in [9.17, 15) is 34.6 Å². The molecule has 50 heavy (non-hydrogen) atoms. The van der Waals surface area contributed by atoms with Gasteiger partial charge in [0.1, 0.15) is 19.0 Å². The highest BCUT2D eigenvalue weighted by Crippen LogP contribution is 2.33. The summed E-state index contributed by atoms with van der Waals surface area (Å²) in [5.41, 5.74) is 2.18. The highest BCUT2D eigenvalue weighted by atomic mass is 32.2. The number of hydrogen-bond donors (Lipinski definition) is 1. The predicted molar refractivity (Wildman–Crippen MR) is 182 cm³/mol. The molecule has 16 heteroatoms. The molecule has 0 saturated carbocycles. The van der Waals surface area contributed by atoms with E-state index in [2.05, 4.69) is 5.32 Å². The first-order valence-corrected chi connectivity index (χ1v) is 17.0. The van der Waals surface area contributed by atoms with Crippen molar-refractivity contribution in [2.75, 3.05) is 26.7 Å². The number of carbonyl (C=O) groups is 3. The number of nitro groups is 2. The van der Waals surface area contributed by atoms with Crippen LogP contribution in [0.3, 0.4) is 0 Å². The highest BCUT2D eigenvalue weighted by Gasteiger charge is 2.39. The van der Waals surface area contributed by atoms with Crippen LogP contribution in [0.25, 0.3) is 0 Å². The van der Waals surface area contributed by atoms with Gasteiger partial charge in [-0.25, -0.2) is 9.59 Å². The smallest absolute Gasteiger partial charge is 0.410 e. The van der Waals surface area contributed by atoms with Crippen LogP contribution in [0, 0.1) is 20.2 Å². The van der Waals surface area contributed by atoms with E-state index in [-0.39, 0.29) is 48.2 Å². The van der Waals surface area contributed by atoms with Gasteiger partial charge in [0, 0.05) is 67.4 Å². The minimum atomic E-state index is -0.655. The zero-order chi connectivity index (χ0) is 35.6. The van der Waals surface area contributed by atoms with Gasteiger partial charge in [-0.3, -0.25) is 25.0 Å². The third-order valence-corrected chi connectivity index (χ3v) is 9.87. The first-order chi connectivity index (χ1) is 24.1. The number of alkyl carbamates (subject to hydrolysis) is 1. The van der Waals surface area contributed by atoms with Crippen molar-refractivity contribution in [2.45, 2.75) is 55.6 Å². The lowest BCUT2D eigenvalue weighted by Gasteiger charge is -2.25. The average molecular weight is 708 g/mol. The maximum Gasteiger partial charge on any atom is 0.410 e. The Bertz CT molecular complexity index is 1670. The molecular weight excluding hydrogens is 670 g/mol. The Hall–Kier alpha value is -5.38. The molecule has 3 aromatic rings. The largest absolute Gasteiger partial charge is 0.497 e. The zero-order valence-electron chi connectivity index (χ0n) is 27.3. The Morgan fingerprint density at radius 3 is 2.00 bits per heavy atom. The van der Waals surface area contributed by atoms with Crippen molar-refractivity contribution >= 4 is 41.2 Å². The monoisotopic (exact) mass is 707 g/mol. The molecule has 0 spiro atoms. The van der Waals surface area contributed by atoms with E-state index in [0.717, 1.165) is 11.3 Å². The molecule has 264 valence electrons. The molecule has 0 bridgehead atoms. The van der Waals surface area contributed by atoms with Crippen LogP contribution in [0.2, 0.25) is 0 Å². The summed E-state index contributed by atoms with van der Waals surface area (Å²) >= 11 is 1.70. The highest BCUT2D eigenvalue weighted by molar-refractivity contribution is 7.99. The molecular formula is C34H37N5O10S. The van der Waals surface area contributed by atoms with Crippen LogP contribution in [0.1, 0.15) is 36.0 Å². The SMILES string of the molecule is COc1ccc(CS[C@H]2C[C@@H](CC(=O)N3CC[C@H](NC(=O)OCc4ccc([N+](=O)[O-])cc4)C3)N(C(=O)OCc3ccc([N+](=O)[O-])cc3)C2)cc1. The van der Waals surface area contributed by atoms with Crippen molar-refractivity contribution < 1.29 is 38.4 Å². The summed E-state index contributed by atoms with van der Waals surface area (Å²) in [6.07, 6.45) is -0.0139. The topological polar surface area (TPSA) is 184 Å². The standard InChI is InChI=1S/C34H37N5O10S/c1-47-30-12-6-25(7-13-30)22-50-31-16-29(37(19-31)34(42)49-21-24-4-10-28(11-5-24)39(45)46)17-32(40)36-15-14-26(18-36)35-33(41)48-20-23-2-8-27(9-3-23)38(43)44/h2-13,26,29,31H,14-22H2,1H3,(H,35,41)/t26-,29-,31-/m0/s1. The molecule has 3 amide bonds. The van der Waals surface area contributed by atoms with Crippen molar-refractivity contribution in [3.8, 4) is 5.75 Å². The fourth-order valence-corrected chi connectivity index (χ4v) is 7.04. The molecule has 0 unspecified atom stereocenters. The summed E-state index contributed by atoms with van der Waals surface area (Å²) in [6.45, 7) is 0.978. The average Bonchev–Trinajstić information content (AvgIpc) is 3.76. The second kappa shape index (κ2) is 16.8. The molecule has 2 heterocycles. The van der Waals surface area contributed by atoms with E-state index in [1.807, 2.05) is 24.3 Å². The van der Waals surface area contributed by atoms with Crippen LogP contribution in [-0.4, -0.2) is 81.8 Å². The molecule has 0 aliphatic carbocycles. The Morgan fingerprint density at radius 2 is 1.42 bits per heavy atom. The Labute approximate surface area is 292 Å². The van der Waals surface area contributed by atoms with Gasteiger partial charge in [0.05, 0.1) is 23.0 Å². The number of thioether (sulfide) groups is 1. The Morgan fingerprint density at radius 1 is 0.840 bits per heavy atom. The van der Waals surface area contributed by atoms with Crippen LogP contribution in [0.5, 0.6) is 5.75 Å². The van der Waals surface area contributed by atoms with Crippen LogP contribution in [0.15, 0.2) is 72.8 Å². The van der Waals surface area contributed by atoms with Gasteiger partial charge in [-0.1, -0.05) is 12.1 Å². The molecule has 0 aromatic heterocycles. The van der Waals surface area contributed by atoms with Gasteiger partial charge in [-0.2, -0.15) is 11.8 Å². The molecule has 2 fully saturated rings. The van der Waals surface area contributed by atoms with Crippen molar-refractivity contribution in [2.24, 2.45) is 0 Å². The molecule has 2 aliphatic heterocycles. The lowest BCUT2D eigenvalue weighted by molar-refractivity contribution is -0.385. The van der Waals surface area contributed by atoms with Gasteiger partial charge in [-0.05, 0) is 65.9 Å². The maximum atomic E-state index is 13.5. The second-order valence-electron chi connectivity index (χ2n) is 12.0. The van der Waals surface area contributed by atoms with Gasteiger partial charge in [0.15, 0.2) is 0 Å². The van der Waals surface area contributed by atoms with Crippen molar-refractivity contribution in [1.29, 1.82) is 0 Å². The molecule has 2 aliphatic rings. The summed E-state index contributed by atoms with van der Waals surface area (Å²) in [6, 6.07) is 18.5. The number of rotatable bonds is 13. The van der Waals surface area contributed by atoms with Gasteiger partial charge in [0.2, 0.25) is 5.91 Å². The first-order valence-electron chi connectivity index (χ1n) is 15.9. The Kier molecular flexibility index (Phi) is 12.1. The number of ether oxygens (including phenoxy) is 3. The predicted octanol–water partition coefficient (Wildman–Crippen LogP) is 5.44. The summed E-state index contributed by atoms with van der Waals surface area (Å²) in [4.78, 5) is 63.3. The minimum Gasteiger partial charge on any atom is -0.497 e. The molecule has 3 atom stereocenters. The fraction of sp³-hybridized carbons (Fsp3) is 0.382. The normalized spacial score (nSPS) is 18.4. The Balaban J connectivity index is 1.14. The number of nitrogens with one attached hydrogen (secondary N) is 1. The zero-order valence-corrected chi connectivity index (χ0v) is 28.1. The molecule has 0 radical (unpaired) electrons. The van der Waals surface area contributed by atoms with E-state index < -0.39 is 28.1 Å². The molecule has 5 rings (SSSR count). The lowest BCUT2D eigenvalue weighted by Crippen LogP contribution is -2.42. The van der Waals surface area contributed by atoms with E-state index in [0.29, 0.717) is 49.4 Å². The molecule has 3 aromatic carbocycles. The number of nitro benzene ring substituents is 2. The molecule has 15 nitrogen and oxygen atoms in total. The van der Waals surface area contributed by atoms with Crippen LogP contribution in [0.4, 0.5) is 21.0 Å². The van der Waals surface area contributed by atoms with Crippen LogP contribution < -0.4 is 10.1 Å². The van der Waals surface area contributed by atoms with Gasteiger partial charge >= 0.3 is 12.2 Å². The van der Waals surface area contributed by atoms with E-state index >= 15 is 0 Å². The number of benzene rings is 3. The van der Waals surface area contributed by atoms with E-state index in [1.54, 1.807) is 28.7 Å². The fourth-order valence-electron chi connectivity index (χ4n) is 5.80. The van der Waals surface area contributed by atoms with Crippen molar-refractivity contribution in [1.82, 2.24) is 15.1 Å². The third kappa shape index (κ3) is 9.84. The number of hydrogen-bond acceptors (Lipinski definition) is 11. The number of amides is 3. The summed E-state index contributed by atoms with van der Waals surface area (Å²) < 4.78 is 16.1. The summed E-state index contributed by atoms with van der Waals surface area (Å²) in [5, 5.41) is 24.6. The first kappa shape index (κ1) is 35.9. The quantitative estimate of drug-likeness (QED) is 0.176. The van der Waals surface area contributed by atoms with E-state index in [4.69, 9.17) is 14.2 Å².